The van der Waals surface area contributed by atoms with Gasteiger partial charge in [0.25, 0.3) is 0 Å². The zero-order chi connectivity index (χ0) is 12.0. The van der Waals surface area contributed by atoms with Gasteiger partial charge in [-0.05, 0) is 38.3 Å². The summed E-state index contributed by atoms with van der Waals surface area (Å²) in [5, 5.41) is 0. The first-order chi connectivity index (χ1) is 8.16. The van der Waals surface area contributed by atoms with Crippen molar-refractivity contribution in [1.29, 1.82) is 0 Å². The monoisotopic (exact) mass is 227 g/mol. The van der Waals surface area contributed by atoms with Crippen molar-refractivity contribution < 1.29 is 0 Å². The molecule has 0 saturated heterocycles. The molecular weight excluding hydrogens is 210 g/mol. The van der Waals surface area contributed by atoms with E-state index in [9.17, 15) is 0 Å². The Hall–Kier alpha value is -1.77. The summed E-state index contributed by atoms with van der Waals surface area (Å²) in [6, 6.07) is 6.99. The lowest BCUT2D eigenvalue weighted by Crippen LogP contribution is -2.00. The topological polar surface area (TPSA) is 43.8 Å². The van der Waals surface area contributed by atoms with Gasteiger partial charge in [-0.15, -0.1) is 0 Å². The number of anilines is 1. The van der Waals surface area contributed by atoms with E-state index < -0.39 is 0 Å². The van der Waals surface area contributed by atoms with E-state index in [0.29, 0.717) is 6.04 Å². The van der Waals surface area contributed by atoms with Gasteiger partial charge >= 0.3 is 0 Å². The number of hydrogen-bond donors (Lipinski definition) is 1. The Kier molecular flexibility index (Phi) is 2.21. The highest BCUT2D eigenvalue weighted by Crippen LogP contribution is 2.39. The van der Waals surface area contributed by atoms with Crippen molar-refractivity contribution in [2.45, 2.75) is 32.7 Å². The number of nitrogen functional groups attached to an aromatic ring is 1. The molecule has 1 saturated carbocycles. The SMILES string of the molecule is Cc1ccc(C)c(-c2ncn(C3CC3)c2N)c1. The third-order valence-corrected chi connectivity index (χ3v) is 3.42. The molecule has 1 aromatic heterocycles. The molecule has 1 aliphatic carbocycles. The number of benzene rings is 1. The fourth-order valence-electron chi connectivity index (χ4n) is 2.21. The van der Waals surface area contributed by atoms with Crippen LogP contribution in [0.5, 0.6) is 0 Å². The van der Waals surface area contributed by atoms with Crippen LogP contribution in [0.1, 0.15) is 30.0 Å². The van der Waals surface area contributed by atoms with E-state index in [-0.39, 0.29) is 0 Å². The molecule has 1 heterocycles. The molecule has 0 unspecified atom stereocenters. The van der Waals surface area contributed by atoms with Crippen molar-refractivity contribution in [3.8, 4) is 11.3 Å². The minimum Gasteiger partial charge on any atom is -0.383 e. The van der Waals surface area contributed by atoms with Crippen LogP contribution >= 0.6 is 0 Å². The molecule has 3 heteroatoms. The van der Waals surface area contributed by atoms with Crippen LogP contribution in [0.3, 0.4) is 0 Å². The van der Waals surface area contributed by atoms with Gasteiger partial charge in [-0.1, -0.05) is 17.7 Å². The molecule has 0 bridgehead atoms. The van der Waals surface area contributed by atoms with Crippen molar-refractivity contribution >= 4 is 5.82 Å². The van der Waals surface area contributed by atoms with E-state index >= 15 is 0 Å². The minimum absolute atomic E-state index is 0.585. The van der Waals surface area contributed by atoms with E-state index in [0.717, 1.165) is 17.1 Å². The number of aromatic nitrogens is 2. The van der Waals surface area contributed by atoms with Crippen molar-refractivity contribution in [3.05, 3.63) is 35.7 Å². The second-order valence-electron chi connectivity index (χ2n) is 4.94. The second kappa shape index (κ2) is 3.62. The summed E-state index contributed by atoms with van der Waals surface area (Å²) in [5.74, 6) is 0.807. The lowest BCUT2D eigenvalue weighted by atomic mass is 10.0. The van der Waals surface area contributed by atoms with E-state index in [4.69, 9.17) is 5.73 Å². The van der Waals surface area contributed by atoms with Crippen LogP contribution in [0.25, 0.3) is 11.3 Å². The van der Waals surface area contributed by atoms with Gasteiger partial charge < -0.3 is 10.3 Å². The number of nitrogens with zero attached hydrogens (tertiary/aromatic N) is 2. The highest BCUT2D eigenvalue weighted by Gasteiger charge is 2.26. The van der Waals surface area contributed by atoms with E-state index in [1.54, 1.807) is 0 Å². The lowest BCUT2D eigenvalue weighted by Gasteiger charge is -2.07. The Morgan fingerprint density at radius 2 is 2.06 bits per heavy atom. The van der Waals surface area contributed by atoms with E-state index in [2.05, 4.69) is 41.6 Å². The third-order valence-electron chi connectivity index (χ3n) is 3.42. The van der Waals surface area contributed by atoms with Gasteiger partial charge in [-0.2, -0.15) is 0 Å². The molecule has 0 spiro atoms. The van der Waals surface area contributed by atoms with Crippen LogP contribution in [0.15, 0.2) is 24.5 Å². The average Bonchev–Trinajstić information content (AvgIpc) is 3.07. The zero-order valence-corrected chi connectivity index (χ0v) is 10.3. The Morgan fingerprint density at radius 1 is 1.29 bits per heavy atom. The van der Waals surface area contributed by atoms with E-state index in [1.807, 2.05) is 6.33 Å². The first-order valence-electron chi connectivity index (χ1n) is 6.07. The summed E-state index contributed by atoms with van der Waals surface area (Å²) in [6.45, 7) is 4.20. The Labute approximate surface area is 101 Å². The number of rotatable bonds is 2. The average molecular weight is 227 g/mol. The van der Waals surface area contributed by atoms with Gasteiger partial charge in [0.05, 0.1) is 6.33 Å². The molecule has 88 valence electrons. The molecule has 0 aliphatic heterocycles. The molecule has 3 rings (SSSR count). The predicted molar refractivity (Wildman–Crippen MR) is 69.8 cm³/mol. The predicted octanol–water partition coefficient (Wildman–Crippen LogP) is 3.08. The summed E-state index contributed by atoms with van der Waals surface area (Å²) >= 11 is 0. The smallest absolute Gasteiger partial charge is 0.131 e. The molecule has 3 nitrogen and oxygen atoms in total. The van der Waals surface area contributed by atoms with Crippen LogP contribution in [0, 0.1) is 13.8 Å². The molecule has 0 amide bonds. The molecule has 0 atom stereocenters. The summed E-state index contributed by atoms with van der Waals surface area (Å²) in [5.41, 5.74) is 10.7. The van der Waals surface area contributed by atoms with Crippen LogP contribution in [0.2, 0.25) is 0 Å². The van der Waals surface area contributed by atoms with Crippen molar-refractivity contribution in [3.63, 3.8) is 0 Å². The normalized spacial score (nSPS) is 15.2. The lowest BCUT2D eigenvalue weighted by molar-refractivity contribution is 0.751. The molecule has 2 aromatic rings. The fourth-order valence-corrected chi connectivity index (χ4v) is 2.21. The third kappa shape index (κ3) is 1.71. The van der Waals surface area contributed by atoms with Gasteiger partial charge in [-0.3, -0.25) is 0 Å². The quantitative estimate of drug-likeness (QED) is 0.856. The van der Waals surface area contributed by atoms with Crippen LogP contribution in [-0.4, -0.2) is 9.55 Å². The molecular formula is C14H17N3. The number of nitrogens with two attached hydrogens (primary N) is 1. The maximum Gasteiger partial charge on any atom is 0.131 e. The molecule has 17 heavy (non-hydrogen) atoms. The highest BCUT2D eigenvalue weighted by atomic mass is 15.2. The minimum atomic E-state index is 0.585. The fraction of sp³-hybridized carbons (Fsp3) is 0.357. The van der Waals surface area contributed by atoms with Crippen molar-refractivity contribution in [2.75, 3.05) is 5.73 Å². The van der Waals surface area contributed by atoms with Crippen LogP contribution < -0.4 is 5.73 Å². The van der Waals surface area contributed by atoms with Gasteiger partial charge in [-0.25, -0.2) is 4.98 Å². The number of imidazole rings is 1. The molecule has 0 radical (unpaired) electrons. The maximum absolute atomic E-state index is 6.20. The van der Waals surface area contributed by atoms with Gasteiger partial charge in [0.15, 0.2) is 0 Å². The molecule has 1 fully saturated rings. The standard InChI is InChI=1S/C14H17N3/c1-9-3-4-10(2)12(7-9)13-14(15)17(8-16-13)11-5-6-11/h3-4,7-8,11H,5-6,15H2,1-2H3. The summed E-state index contributed by atoms with van der Waals surface area (Å²) in [7, 11) is 0. The summed E-state index contributed by atoms with van der Waals surface area (Å²) in [6.07, 6.45) is 4.34. The number of hydrogen-bond acceptors (Lipinski definition) is 2. The largest absolute Gasteiger partial charge is 0.383 e. The summed E-state index contributed by atoms with van der Waals surface area (Å²) < 4.78 is 2.11. The molecule has 1 aromatic carbocycles. The molecule has 1 aliphatic rings. The first kappa shape index (κ1) is 10.4. The zero-order valence-electron chi connectivity index (χ0n) is 10.3. The van der Waals surface area contributed by atoms with Gasteiger partial charge in [0, 0.05) is 11.6 Å². The van der Waals surface area contributed by atoms with E-state index in [1.165, 1.54) is 24.0 Å². The summed E-state index contributed by atoms with van der Waals surface area (Å²) in [4.78, 5) is 4.49. The van der Waals surface area contributed by atoms with Crippen molar-refractivity contribution in [1.82, 2.24) is 9.55 Å². The second-order valence-corrected chi connectivity index (χ2v) is 4.94. The Balaban J connectivity index is 2.11. The van der Waals surface area contributed by atoms with Crippen molar-refractivity contribution in [2.24, 2.45) is 0 Å². The van der Waals surface area contributed by atoms with Gasteiger partial charge in [0.2, 0.25) is 0 Å². The molecule has 2 N–H and O–H groups in total. The van der Waals surface area contributed by atoms with Crippen LogP contribution in [0.4, 0.5) is 5.82 Å². The number of aryl methyl sites for hydroxylation is 2. The Bertz CT molecular complexity index is 565. The Morgan fingerprint density at radius 3 is 2.76 bits per heavy atom. The first-order valence-corrected chi connectivity index (χ1v) is 6.07. The van der Waals surface area contributed by atoms with Crippen LogP contribution in [-0.2, 0) is 0 Å². The van der Waals surface area contributed by atoms with Gasteiger partial charge in [0.1, 0.15) is 11.5 Å². The maximum atomic E-state index is 6.20. The highest BCUT2D eigenvalue weighted by molar-refractivity contribution is 5.73.